The molecule has 6 N–H and O–H groups in total. The summed E-state index contributed by atoms with van der Waals surface area (Å²) in [5.41, 5.74) is 4.36. The maximum absolute atomic E-state index is 14.4. The van der Waals surface area contributed by atoms with Gasteiger partial charge >= 0.3 is 12.1 Å². The number of likely N-dealkylation sites (N-methyl/N-ethyl adjacent to an activating group) is 1. The number of ether oxygens (including phenoxy) is 5. The van der Waals surface area contributed by atoms with E-state index in [2.05, 4.69) is 16.0 Å². The lowest BCUT2D eigenvalue weighted by Gasteiger charge is -2.42. The number of nitrogens with zero attached hydrogens (tertiary/aromatic N) is 3. The fourth-order valence-corrected chi connectivity index (χ4v) is 9.82. The number of anilines is 1. The molecule has 2 saturated heterocycles. The van der Waals surface area contributed by atoms with Crippen LogP contribution in [0.15, 0.2) is 48.1 Å². The summed E-state index contributed by atoms with van der Waals surface area (Å²) in [4.78, 5) is 110. The summed E-state index contributed by atoms with van der Waals surface area (Å²) < 4.78 is 29.5. The van der Waals surface area contributed by atoms with Gasteiger partial charge in [-0.1, -0.05) is 42.3 Å². The fraction of sp³-hybridized carbons (Fsp3) is 0.592. The third-order valence-corrected chi connectivity index (χ3v) is 14.5. The van der Waals surface area contributed by atoms with Crippen LogP contribution in [-0.2, 0) is 58.9 Å². The number of methoxy groups -OCH3 is 2. The molecule has 0 aliphatic carbocycles. The Bertz CT molecular complexity index is 2320. The van der Waals surface area contributed by atoms with Crippen molar-refractivity contribution in [2.45, 2.75) is 127 Å². The Morgan fingerprint density at radius 1 is 1.10 bits per heavy atom. The minimum atomic E-state index is -1.91. The van der Waals surface area contributed by atoms with Gasteiger partial charge in [0, 0.05) is 64.4 Å². The zero-order valence-electron chi connectivity index (χ0n) is 42.2. The van der Waals surface area contributed by atoms with Crippen LogP contribution in [0.4, 0.5) is 10.5 Å². The van der Waals surface area contributed by atoms with Crippen molar-refractivity contribution >= 4 is 76.6 Å². The number of thioether (sulfide) groups is 1. The first-order valence-electron chi connectivity index (χ1n) is 23.7. The monoisotopic (exact) mass is 1050 g/mol. The molecule has 10 unspecified atom stereocenters. The van der Waals surface area contributed by atoms with E-state index in [1.807, 2.05) is 13.0 Å². The lowest BCUT2D eigenvalue weighted by molar-refractivity contribution is -0.162. The van der Waals surface area contributed by atoms with Crippen molar-refractivity contribution in [3.8, 4) is 5.75 Å². The molecule has 0 spiro atoms. The molecule has 4 aliphatic heterocycles. The number of unbranched alkanes of at least 4 members (excludes halogenated alkanes) is 1. The van der Waals surface area contributed by atoms with E-state index in [1.165, 1.54) is 51.9 Å². The molecule has 5 rings (SSSR count). The topological polar surface area (TPSA) is 278 Å². The molecule has 4 heterocycles. The number of hydrogen-bond donors (Lipinski definition) is 5. The van der Waals surface area contributed by atoms with E-state index in [0.29, 0.717) is 37.2 Å². The average molecular weight is 1050 g/mol. The van der Waals surface area contributed by atoms with Gasteiger partial charge in [-0.05, 0) is 77.0 Å². The third kappa shape index (κ3) is 13.7. The van der Waals surface area contributed by atoms with E-state index in [9.17, 15) is 43.5 Å². The smallest absolute Gasteiger partial charge is 0.409 e. The lowest BCUT2D eigenvalue weighted by Crippen LogP contribution is -2.63. The molecule has 4 aliphatic rings. The summed E-state index contributed by atoms with van der Waals surface area (Å²) in [5, 5.41) is 19.9. The van der Waals surface area contributed by atoms with Gasteiger partial charge in [-0.15, -0.1) is 0 Å². The van der Waals surface area contributed by atoms with Gasteiger partial charge < -0.3 is 55.0 Å². The molecular weight excluding hydrogens is 978 g/mol. The molecule has 1 aromatic rings. The number of alkyl carbamates (subject to hydrolysis) is 1. The summed E-state index contributed by atoms with van der Waals surface area (Å²) in [6, 6.07) is -0.0869. The fourth-order valence-electron chi connectivity index (χ4n) is 8.95. The average Bonchev–Trinajstić information content (AvgIpc) is 3.93. The van der Waals surface area contributed by atoms with Gasteiger partial charge in [-0.3, -0.25) is 39.0 Å². The largest absolute Gasteiger partial charge is 0.495 e. The molecule has 2 fully saturated rings. The van der Waals surface area contributed by atoms with Crippen molar-refractivity contribution in [2.24, 2.45) is 11.7 Å². The highest BCUT2D eigenvalue weighted by molar-refractivity contribution is 7.98. The SMILES string of the molecule is COc1cc2cc(c1Cl)N(C)C(=O)CC(OC(=O)C(C)N(C)C(=O)C(CSC)NC(=O)C(CCCCN)NC(=O)CCN1C(=O)C=CC1=O)C1(C)OC1C(C)C1CC(O)(NC(=O)O1)C(OC)C=CC=C(C)C2. The molecule has 7 amide bonds. The van der Waals surface area contributed by atoms with Gasteiger partial charge in [0.25, 0.3) is 11.8 Å². The zero-order valence-corrected chi connectivity index (χ0v) is 43.8. The molecule has 10 atom stereocenters. The van der Waals surface area contributed by atoms with Crippen molar-refractivity contribution in [1.82, 2.24) is 25.8 Å². The van der Waals surface area contributed by atoms with Crippen LogP contribution in [0.2, 0.25) is 5.02 Å². The number of amides is 7. The number of rotatable bonds is 18. The van der Waals surface area contributed by atoms with Crippen LogP contribution in [0.3, 0.4) is 0 Å². The molecule has 396 valence electrons. The van der Waals surface area contributed by atoms with E-state index >= 15 is 0 Å². The van der Waals surface area contributed by atoms with Crippen LogP contribution in [0.1, 0.15) is 71.8 Å². The van der Waals surface area contributed by atoms with E-state index < -0.39 is 114 Å². The molecule has 21 nitrogen and oxygen atoms in total. The summed E-state index contributed by atoms with van der Waals surface area (Å²) in [7, 11) is 5.74. The number of benzene rings is 1. The lowest BCUT2D eigenvalue weighted by atomic mass is 9.83. The van der Waals surface area contributed by atoms with Gasteiger partial charge in [0.05, 0.1) is 25.3 Å². The Morgan fingerprint density at radius 3 is 2.43 bits per heavy atom. The summed E-state index contributed by atoms with van der Waals surface area (Å²) in [5.74, 6) is -4.75. The highest BCUT2D eigenvalue weighted by atomic mass is 35.5. The third-order valence-electron chi connectivity index (χ3n) is 13.5. The predicted molar refractivity (Wildman–Crippen MR) is 267 cm³/mol. The number of epoxide rings is 1. The number of allylic oxidation sites excluding steroid dienone is 3. The number of carbonyl (C=O) groups excluding carboxylic acids is 8. The Labute approximate surface area is 428 Å². The number of aliphatic hydroxyl groups is 1. The Hall–Kier alpha value is -5.52. The highest BCUT2D eigenvalue weighted by Crippen LogP contribution is 2.49. The number of halogens is 1. The first kappa shape index (κ1) is 57.4. The van der Waals surface area contributed by atoms with E-state index in [0.717, 1.165) is 33.1 Å². The van der Waals surface area contributed by atoms with Gasteiger partial charge in [0.2, 0.25) is 23.6 Å². The van der Waals surface area contributed by atoms with Gasteiger partial charge in [0.15, 0.2) is 5.72 Å². The normalized spacial score (nSPS) is 26.6. The molecular formula is C49H68ClN7O14S. The second-order valence-corrected chi connectivity index (χ2v) is 20.0. The van der Waals surface area contributed by atoms with Gasteiger partial charge in [-0.25, -0.2) is 9.59 Å². The second kappa shape index (κ2) is 24.9. The summed E-state index contributed by atoms with van der Waals surface area (Å²) in [6.45, 7) is 6.85. The number of hydrogen-bond acceptors (Lipinski definition) is 16. The first-order chi connectivity index (χ1) is 34.0. The molecule has 1 aromatic carbocycles. The van der Waals surface area contributed by atoms with Crippen LogP contribution in [-0.4, -0.2) is 170 Å². The highest BCUT2D eigenvalue weighted by Gasteiger charge is 2.64. The Balaban J connectivity index is 1.40. The van der Waals surface area contributed by atoms with Crippen LogP contribution in [0.25, 0.3) is 0 Å². The van der Waals surface area contributed by atoms with Crippen LogP contribution < -0.4 is 31.3 Å². The van der Waals surface area contributed by atoms with Crippen molar-refractivity contribution in [1.29, 1.82) is 0 Å². The van der Waals surface area contributed by atoms with E-state index in [-0.39, 0.29) is 36.6 Å². The van der Waals surface area contributed by atoms with Crippen LogP contribution >= 0.6 is 23.4 Å². The number of fused-ring (bicyclic) bond motifs is 5. The number of nitrogens with one attached hydrogen (secondary N) is 3. The number of carbonyl (C=O) groups is 8. The maximum Gasteiger partial charge on any atom is 0.409 e. The zero-order chi connectivity index (χ0) is 53.2. The van der Waals surface area contributed by atoms with E-state index in [1.54, 1.807) is 44.4 Å². The Kier molecular flexibility index (Phi) is 19.9. The first-order valence-corrected chi connectivity index (χ1v) is 25.5. The molecule has 72 heavy (non-hydrogen) atoms. The molecule has 0 radical (unpaired) electrons. The van der Waals surface area contributed by atoms with Crippen molar-refractivity contribution < 1.29 is 67.1 Å². The number of imide groups is 1. The minimum absolute atomic E-state index is 0.0729. The molecule has 23 heteroatoms. The number of esters is 1. The number of nitrogens with two attached hydrogens (primary N) is 1. The summed E-state index contributed by atoms with van der Waals surface area (Å²) in [6.07, 6.45) is 4.87. The molecule has 4 bridgehead atoms. The second-order valence-electron chi connectivity index (χ2n) is 18.7. The standard InChI is InChI=1S/C49H68ClN7O14S/c1-27-13-12-15-36(68-8)49(66)25-35(69-47(65)54-49)28(2)43-48(4,71-43)37(24-41(61)56(6)33-22-30(21-27)23-34(67-7)42(33)50)70-46(64)29(3)55(5)45(63)32(26-72-9)53-44(62)31(14-10-11-19-51)52-38(58)18-20-57-39(59)16-17-40(57)60/h12-13,15-17,22-23,28-29,31-32,35-37,43,66H,10-11,14,18-21,24-26,51H2,1-9H3,(H,52,58)(H,53,62)(H,54,65). The maximum atomic E-state index is 14.4. The minimum Gasteiger partial charge on any atom is -0.495 e. The van der Waals surface area contributed by atoms with Crippen molar-refractivity contribution in [3.05, 3.63) is 58.7 Å². The van der Waals surface area contributed by atoms with Crippen molar-refractivity contribution in [3.63, 3.8) is 0 Å². The quantitative estimate of drug-likeness (QED) is 0.0611. The van der Waals surface area contributed by atoms with Crippen molar-refractivity contribution in [2.75, 3.05) is 58.3 Å². The van der Waals surface area contributed by atoms with Crippen LogP contribution in [0, 0.1) is 5.92 Å². The van der Waals surface area contributed by atoms with Crippen LogP contribution in [0.5, 0.6) is 5.75 Å². The van der Waals surface area contributed by atoms with Gasteiger partial charge in [-0.2, -0.15) is 11.8 Å². The Morgan fingerprint density at radius 2 is 1.79 bits per heavy atom. The van der Waals surface area contributed by atoms with E-state index in [4.69, 9.17) is 41.0 Å². The van der Waals surface area contributed by atoms with Gasteiger partial charge in [0.1, 0.15) is 52.8 Å². The molecule has 0 aromatic heterocycles. The summed E-state index contributed by atoms with van der Waals surface area (Å²) >= 11 is 8.07. The molecule has 0 saturated carbocycles. The predicted octanol–water partition coefficient (Wildman–Crippen LogP) is 2.29.